The van der Waals surface area contributed by atoms with E-state index in [1.807, 2.05) is 0 Å². The monoisotopic (exact) mass is 328 g/mol. The van der Waals surface area contributed by atoms with Gasteiger partial charge in [0.15, 0.2) is 5.82 Å². The van der Waals surface area contributed by atoms with E-state index in [0.717, 1.165) is 38.8 Å². The maximum Gasteiger partial charge on any atom is 0.273 e. The average molecular weight is 328 g/mol. The third-order valence-electron chi connectivity index (χ3n) is 4.61. The Kier molecular flexibility index (Phi) is 3.87. The molecule has 2 fully saturated rings. The first-order valence-corrected chi connectivity index (χ1v) is 8.41. The van der Waals surface area contributed by atoms with Crippen molar-refractivity contribution in [3.8, 4) is 0 Å². The molecule has 24 heavy (non-hydrogen) atoms. The van der Waals surface area contributed by atoms with Gasteiger partial charge in [-0.15, -0.1) is 0 Å². The molecule has 0 bridgehead atoms. The fourth-order valence-corrected chi connectivity index (χ4v) is 3.41. The van der Waals surface area contributed by atoms with Crippen LogP contribution in [-0.2, 0) is 0 Å². The van der Waals surface area contributed by atoms with Crippen LogP contribution < -0.4 is 4.90 Å². The van der Waals surface area contributed by atoms with Gasteiger partial charge in [-0.1, -0.05) is 5.16 Å². The number of hydrogen-bond acceptors (Lipinski definition) is 7. The molecule has 2 aromatic rings. The van der Waals surface area contributed by atoms with Crippen molar-refractivity contribution in [3.05, 3.63) is 29.7 Å². The van der Waals surface area contributed by atoms with Crippen LogP contribution >= 0.6 is 0 Å². The summed E-state index contributed by atoms with van der Waals surface area (Å²) in [4.78, 5) is 29.9. The van der Waals surface area contributed by atoms with E-state index in [1.54, 1.807) is 24.1 Å². The Hall–Kier alpha value is -2.51. The van der Waals surface area contributed by atoms with Crippen molar-refractivity contribution in [2.75, 3.05) is 24.5 Å². The minimum atomic E-state index is -0.139. The highest BCUT2D eigenvalue weighted by Gasteiger charge is 2.34. The van der Waals surface area contributed by atoms with E-state index in [2.05, 4.69) is 25.0 Å². The molecule has 2 aliphatic rings. The van der Waals surface area contributed by atoms with Crippen molar-refractivity contribution in [1.29, 1.82) is 0 Å². The Balaban J connectivity index is 1.57. The van der Waals surface area contributed by atoms with Crippen LogP contribution in [0.2, 0.25) is 0 Å². The molecule has 0 aromatic carbocycles. The molecule has 0 spiro atoms. The topological polar surface area (TPSA) is 88.3 Å². The van der Waals surface area contributed by atoms with E-state index >= 15 is 0 Å². The molecule has 2 saturated heterocycles. The number of aromatic nitrogens is 4. The molecule has 1 atom stereocenters. The zero-order chi connectivity index (χ0) is 16.5. The van der Waals surface area contributed by atoms with E-state index in [1.165, 1.54) is 0 Å². The van der Waals surface area contributed by atoms with Crippen molar-refractivity contribution in [1.82, 2.24) is 25.0 Å². The van der Waals surface area contributed by atoms with E-state index in [4.69, 9.17) is 4.52 Å². The number of aryl methyl sites for hydroxylation is 1. The first kappa shape index (κ1) is 15.0. The second kappa shape index (κ2) is 6.18. The molecule has 2 aromatic heterocycles. The van der Waals surface area contributed by atoms with Gasteiger partial charge < -0.3 is 14.3 Å². The van der Waals surface area contributed by atoms with Gasteiger partial charge in [-0.2, -0.15) is 4.98 Å². The first-order chi connectivity index (χ1) is 11.7. The molecule has 2 aliphatic heterocycles. The van der Waals surface area contributed by atoms with Crippen LogP contribution in [0.25, 0.3) is 0 Å². The number of anilines is 1. The summed E-state index contributed by atoms with van der Waals surface area (Å²) in [6.45, 7) is 4.34. The average Bonchev–Trinajstić information content (AvgIpc) is 3.35. The number of amides is 1. The molecule has 8 nitrogen and oxygen atoms in total. The molecule has 0 saturated carbocycles. The van der Waals surface area contributed by atoms with Crippen molar-refractivity contribution in [2.45, 2.75) is 38.6 Å². The second-order valence-electron chi connectivity index (χ2n) is 6.26. The number of rotatable bonds is 3. The van der Waals surface area contributed by atoms with Gasteiger partial charge in [-0.25, -0.2) is 9.97 Å². The molecule has 0 aliphatic carbocycles. The Morgan fingerprint density at radius 1 is 1.21 bits per heavy atom. The maximum atomic E-state index is 12.9. The lowest BCUT2D eigenvalue weighted by atomic mass is 10.2. The Bertz CT molecular complexity index is 740. The summed E-state index contributed by atoms with van der Waals surface area (Å²) in [6.07, 6.45) is 5.72. The molecule has 0 unspecified atom stereocenters. The summed E-state index contributed by atoms with van der Waals surface area (Å²) in [5, 5.41) is 3.98. The summed E-state index contributed by atoms with van der Waals surface area (Å²) in [5.74, 6) is 1.64. The van der Waals surface area contributed by atoms with Gasteiger partial charge in [0.05, 0.1) is 6.04 Å². The minimum Gasteiger partial charge on any atom is -0.341 e. The predicted molar refractivity (Wildman–Crippen MR) is 85.5 cm³/mol. The highest BCUT2D eigenvalue weighted by Crippen LogP contribution is 2.31. The fraction of sp³-hybridized carbons (Fsp3) is 0.562. The largest absolute Gasteiger partial charge is 0.341 e. The maximum absolute atomic E-state index is 12.9. The quantitative estimate of drug-likeness (QED) is 0.848. The van der Waals surface area contributed by atoms with Crippen LogP contribution in [0.15, 0.2) is 16.8 Å². The number of likely N-dealkylation sites (tertiary alicyclic amines) is 1. The molecule has 4 rings (SSSR count). The Labute approximate surface area is 139 Å². The molecule has 1 amide bonds. The van der Waals surface area contributed by atoms with Crippen molar-refractivity contribution < 1.29 is 9.32 Å². The third kappa shape index (κ3) is 2.72. The molecule has 8 heteroatoms. The second-order valence-corrected chi connectivity index (χ2v) is 6.26. The Morgan fingerprint density at radius 3 is 2.79 bits per heavy atom. The summed E-state index contributed by atoms with van der Waals surface area (Å²) >= 11 is 0. The third-order valence-corrected chi connectivity index (χ3v) is 4.61. The highest BCUT2D eigenvalue weighted by molar-refractivity contribution is 5.93. The number of carbonyl (C=O) groups is 1. The van der Waals surface area contributed by atoms with E-state index in [-0.39, 0.29) is 11.9 Å². The first-order valence-electron chi connectivity index (χ1n) is 8.41. The number of nitrogens with zero attached hydrogens (tertiary/aromatic N) is 6. The van der Waals surface area contributed by atoms with E-state index in [9.17, 15) is 4.79 Å². The lowest BCUT2D eigenvalue weighted by Crippen LogP contribution is -2.32. The zero-order valence-corrected chi connectivity index (χ0v) is 13.7. The van der Waals surface area contributed by atoms with Crippen LogP contribution in [0.3, 0.4) is 0 Å². The van der Waals surface area contributed by atoms with Crippen molar-refractivity contribution in [3.63, 3.8) is 0 Å². The lowest BCUT2D eigenvalue weighted by Gasteiger charge is -2.22. The van der Waals surface area contributed by atoms with Gasteiger partial charge in [0.2, 0.25) is 11.8 Å². The standard InChI is InChI=1S/C16H20N6O2/c1-11-18-14(20-24-11)13-5-4-10-22(13)15(23)12-6-7-17-16(19-12)21-8-2-3-9-21/h6-7,13H,2-5,8-10H2,1H3/t13-/m1/s1. The van der Waals surface area contributed by atoms with E-state index < -0.39 is 0 Å². The number of hydrogen-bond donors (Lipinski definition) is 0. The Morgan fingerprint density at radius 2 is 2.04 bits per heavy atom. The molecular weight excluding hydrogens is 308 g/mol. The summed E-state index contributed by atoms with van der Waals surface area (Å²) < 4.78 is 5.07. The van der Waals surface area contributed by atoms with Crippen molar-refractivity contribution in [2.24, 2.45) is 0 Å². The van der Waals surface area contributed by atoms with Crippen LogP contribution in [0, 0.1) is 6.92 Å². The lowest BCUT2D eigenvalue weighted by molar-refractivity contribution is 0.0722. The van der Waals surface area contributed by atoms with Gasteiger partial charge in [0.25, 0.3) is 5.91 Å². The zero-order valence-electron chi connectivity index (χ0n) is 13.7. The molecule has 126 valence electrons. The van der Waals surface area contributed by atoms with Crippen LogP contribution in [0.5, 0.6) is 0 Å². The van der Waals surface area contributed by atoms with Gasteiger partial charge >= 0.3 is 0 Å². The smallest absolute Gasteiger partial charge is 0.273 e. The van der Waals surface area contributed by atoms with Crippen LogP contribution in [0.1, 0.15) is 53.9 Å². The summed E-state index contributed by atoms with van der Waals surface area (Å²) in [6, 6.07) is 1.54. The van der Waals surface area contributed by atoms with Crippen molar-refractivity contribution >= 4 is 11.9 Å². The van der Waals surface area contributed by atoms with Gasteiger partial charge in [-0.05, 0) is 31.7 Å². The normalized spacial score (nSPS) is 20.8. The van der Waals surface area contributed by atoms with Crippen LogP contribution in [0.4, 0.5) is 5.95 Å². The van der Waals surface area contributed by atoms with Gasteiger partial charge in [0, 0.05) is 32.8 Å². The van der Waals surface area contributed by atoms with Crippen LogP contribution in [-0.4, -0.2) is 50.5 Å². The summed E-state index contributed by atoms with van der Waals surface area (Å²) in [5.41, 5.74) is 0.430. The predicted octanol–water partition coefficient (Wildman–Crippen LogP) is 1.75. The molecule has 4 heterocycles. The number of carbonyl (C=O) groups excluding carboxylic acids is 1. The van der Waals surface area contributed by atoms with E-state index in [0.29, 0.717) is 29.9 Å². The van der Waals surface area contributed by atoms with Gasteiger partial charge in [0.1, 0.15) is 5.69 Å². The molecule has 0 N–H and O–H groups in total. The van der Waals surface area contributed by atoms with Gasteiger partial charge in [-0.3, -0.25) is 4.79 Å². The SMILES string of the molecule is Cc1nc([C@H]2CCCN2C(=O)c2ccnc(N3CCCC3)n2)no1. The molecular formula is C16H20N6O2. The highest BCUT2D eigenvalue weighted by atomic mass is 16.5. The summed E-state index contributed by atoms with van der Waals surface area (Å²) in [7, 11) is 0. The fourth-order valence-electron chi connectivity index (χ4n) is 3.41. The minimum absolute atomic E-state index is 0.0946. The molecule has 0 radical (unpaired) electrons.